The predicted octanol–water partition coefficient (Wildman–Crippen LogP) is 5.00. The van der Waals surface area contributed by atoms with Gasteiger partial charge in [0.05, 0.1) is 46.1 Å². The van der Waals surface area contributed by atoms with Crippen LogP contribution >= 0.6 is 0 Å². The van der Waals surface area contributed by atoms with Crippen LogP contribution in [0.25, 0.3) is 0 Å². The first kappa shape index (κ1) is 36.2. The van der Waals surface area contributed by atoms with Crippen molar-refractivity contribution in [2.75, 3.05) is 41.7 Å². The highest BCUT2D eigenvalue weighted by Gasteiger charge is 2.30. The highest BCUT2D eigenvalue weighted by molar-refractivity contribution is 5.79. The van der Waals surface area contributed by atoms with Gasteiger partial charge in [-0.05, 0) is 66.8 Å². The van der Waals surface area contributed by atoms with Crippen LogP contribution in [-0.2, 0) is 22.5 Å². The lowest BCUT2D eigenvalue weighted by atomic mass is 9.81. The van der Waals surface area contributed by atoms with E-state index < -0.39 is 18.1 Å². The van der Waals surface area contributed by atoms with Gasteiger partial charge in [-0.2, -0.15) is 0 Å². The van der Waals surface area contributed by atoms with E-state index in [0.717, 1.165) is 24.0 Å². The summed E-state index contributed by atoms with van der Waals surface area (Å²) >= 11 is 0. The Bertz CT molecular complexity index is 1090. The van der Waals surface area contributed by atoms with Crippen molar-refractivity contribution in [1.29, 1.82) is 0 Å². The number of aliphatic hydroxyl groups excluding tert-OH is 1. The lowest BCUT2D eigenvalue weighted by molar-refractivity contribution is -0.127. The average Bonchev–Trinajstić information content (AvgIpc) is 2.99. The van der Waals surface area contributed by atoms with Gasteiger partial charge in [0.25, 0.3) is 0 Å². The highest BCUT2D eigenvalue weighted by atomic mass is 16.5. The van der Waals surface area contributed by atoms with Crippen LogP contribution in [0.1, 0.15) is 58.1 Å². The second kappa shape index (κ2) is 18.6. The Balaban J connectivity index is 2.06. The van der Waals surface area contributed by atoms with Crippen molar-refractivity contribution in [3.63, 3.8) is 0 Å². The summed E-state index contributed by atoms with van der Waals surface area (Å²) < 4.78 is 27.5. The van der Waals surface area contributed by atoms with Crippen molar-refractivity contribution >= 4 is 5.91 Å². The number of hydrogen-bond acceptors (Lipinski definition) is 8. The molecule has 0 radical (unpaired) electrons. The number of benzene rings is 2. The largest absolute Gasteiger partial charge is 0.496 e. The van der Waals surface area contributed by atoms with Crippen LogP contribution in [-0.4, -0.2) is 64.8 Å². The molecule has 0 aliphatic carbocycles. The minimum atomic E-state index is -0.823. The molecule has 2 aromatic rings. The molecule has 0 spiro atoms. The van der Waals surface area contributed by atoms with Crippen molar-refractivity contribution in [1.82, 2.24) is 5.32 Å². The Morgan fingerprint density at radius 2 is 1.51 bits per heavy atom. The van der Waals surface area contributed by atoms with Crippen LogP contribution in [0.15, 0.2) is 36.4 Å². The summed E-state index contributed by atoms with van der Waals surface area (Å²) in [5.41, 5.74) is 8.48. The fourth-order valence-corrected chi connectivity index (χ4v) is 5.27. The molecule has 0 saturated carbocycles. The summed E-state index contributed by atoms with van der Waals surface area (Å²) in [6.45, 7) is 9.75. The molecule has 2 rings (SSSR count). The van der Waals surface area contributed by atoms with E-state index in [2.05, 4.69) is 19.2 Å². The smallest absolute Gasteiger partial charge is 0.223 e. The first-order valence-corrected chi connectivity index (χ1v) is 15.3. The number of amides is 1. The number of ether oxygens (including phenoxy) is 5. The molecule has 4 N–H and O–H groups in total. The molecular formula is C34H54N2O7. The summed E-state index contributed by atoms with van der Waals surface area (Å²) in [5.74, 6) is 2.73. The number of methoxy groups -OCH3 is 4. The SMILES string of the molecule is COCCCOc1cc(C[C@@H](C[C@H](N)[C@@H](O)C[C@H](C(=O)NCc2c(OC)cccc2OC)C(C)C)C(C)C)ccc1OC. The molecule has 242 valence electrons. The van der Waals surface area contributed by atoms with E-state index in [1.807, 2.05) is 50.2 Å². The Morgan fingerprint density at radius 3 is 2.07 bits per heavy atom. The quantitative estimate of drug-likeness (QED) is 0.181. The maximum Gasteiger partial charge on any atom is 0.223 e. The second-order valence-electron chi connectivity index (χ2n) is 11.8. The van der Waals surface area contributed by atoms with Crippen LogP contribution in [0.2, 0.25) is 0 Å². The van der Waals surface area contributed by atoms with Crippen LogP contribution in [0, 0.1) is 23.7 Å². The molecule has 4 atom stereocenters. The van der Waals surface area contributed by atoms with Crippen LogP contribution in [0.3, 0.4) is 0 Å². The Morgan fingerprint density at radius 1 is 0.860 bits per heavy atom. The van der Waals surface area contributed by atoms with Gasteiger partial charge in [-0.3, -0.25) is 4.79 Å². The molecule has 0 aliphatic heterocycles. The van der Waals surface area contributed by atoms with Crippen molar-refractivity contribution in [2.24, 2.45) is 29.4 Å². The standard InChI is InChI=1S/C34H54N2O7/c1-22(2)25(17-24-13-14-32(42-8)33(18-24)43-16-10-15-39-5)19-28(35)29(37)20-26(23(3)4)34(38)36-21-27-30(40-6)11-9-12-31(27)41-7/h9,11-14,18,22-23,25-26,28-29,37H,10,15-17,19-21,35H2,1-8H3,(H,36,38)/t25-,26-,28-,29-/m0/s1. The van der Waals surface area contributed by atoms with Gasteiger partial charge in [0.1, 0.15) is 11.5 Å². The summed E-state index contributed by atoms with van der Waals surface area (Å²) in [4.78, 5) is 13.3. The van der Waals surface area contributed by atoms with Gasteiger partial charge in [0.15, 0.2) is 11.5 Å². The van der Waals surface area contributed by atoms with Crippen LogP contribution < -0.4 is 30.0 Å². The molecule has 0 aromatic heterocycles. The first-order chi connectivity index (χ1) is 20.6. The van der Waals surface area contributed by atoms with E-state index in [4.69, 9.17) is 29.4 Å². The Labute approximate surface area is 258 Å². The third-order valence-electron chi connectivity index (χ3n) is 8.09. The number of nitrogens with one attached hydrogen (secondary N) is 1. The number of rotatable bonds is 20. The van der Waals surface area contributed by atoms with E-state index in [9.17, 15) is 9.90 Å². The van der Waals surface area contributed by atoms with Gasteiger partial charge in [-0.25, -0.2) is 0 Å². The van der Waals surface area contributed by atoms with Gasteiger partial charge in [-0.15, -0.1) is 0 Å². The maximum absolute atomic E-state index is 13.3. The summed E-state index contributed by atoms with van der Waals surface area (Å²) in [5, 5.41) is 14.2. The zero-order valence-corrected chi connectivity index (χ0v) is 27.4. The molecule has 0 aliphatic rings. The monoisotopic (exact) mass is 602 g/mol. The number of aliphatic hydroxyl groups is 1. The van der Waals surface area contributed by atoms with E-state index in [1.165, 1.54) is 0 Å². The predicted molar refractivity (Wildman–Crippen MR) is 170 cm³/mol. The minimum absolute atomic E-state index is 0.0175. The third-order valence-corrected chi connectivity index (χ3v) is 8.09. The minimum Gasteiger partial charge on any atom is -0.496 e. The van der Waals surface area contributed by atoms with Gasteiger partial charge >= 0.3 is 0 Å². The van der Waals surface area contributed by atoms with Crippen molar-refractivity contribution < 1.29 is 33.6 Å². The lowest BCUT2D eigenvalue weighted by Crippen LogP contribution is -2.42. The van der Waals surface area contributed by atoms with E-state index in [1.54, 1.807) is 28.4 Å². The summed E-state index contributed by atoms with van der Waals surface area (Å²) in [6.07, 6.45) is 1.65. The van der Waals surface area contributed by atoms with Gasteiger partial charge < -0.3 is 39.8 Å². The zero-order valence-electron chi connectivity index (χ0n) is 27.4. The molecule has 0 bridgehead atoms. The molecular weight excluding hydrogens is 548 g/mol. The molecule has 0 heterocycles. The Kier molecular flexibility index (Phi) is 15.7. The number of carbonyl (C=O) groups excluding carboxylic acids is 1. The molecule has 0 saturated heterocycles. The number of nitrogens with two attached hydrogens (primary N) is 1. The van der Waals surface area contributed by atoms with Gasteiger partial charge in [-0.1, -0.05) is 39.8 Å². The fraction of sp³-hybridized carbons (Fsp3) is 0.618. The van der Waals surface area contributed by atoms with E-state index in [0.29, 0.717) is 48.6 Å². The Hall–Kier alpha value is -3.01. The molecule has 0 unspecified atom stereocenters. The molecule has 2 aromatic carbocycles. The normalized spacial score (nSPS) is 14.2. The molecule has 43 heavy (non-hydrogen) atoms. The number of carbonyl (C=O) groups is 1. The van der Waals surface area contributed by atoms with Crippen molar-refractivity contribution in [3.05, 3.63) is 47.5 Å². The fourth-order valence-electron chi connectivity index (χ4n) is 5.27. The van der Waals surface area contributed by atoms with Crippen molar-refractivity contribution in [3.8, 4) is 23.0 Å². The second-order valence-corrected chi connectivity index (χ2v) is 11.8. The lowest BCUT2D eigenvalue weighted by Gasteiger charge is -2.30. The van der Waals surface area contributed by atoms with Gasteiger partial charge in [0, 0.05) is 32.1 Å². The first-order valence-electron chi connectivity index (χ1n) is 15.3. The van der Waals surface area contributed by atoms with Gasteiger partial charge in [0.2, 0.25) is 5.91 Å². The third kappa shape index (κ3) is 11.2. The van der Waals surface area contributed by atoms with E-state index in [-0.39, 0.29) is 30.7 Å². The molecule has 9 heteroatoms. The van der Waals surface area contributed by atoms with Crippen LogP contribution in [0.4, 0.5) is 0 Å². The summed E-state index contributed by atoms with van der Waals surface area (Å²) in [7, 11) is 6.48. The topological polar surface area (TPSA) is 122 Å². The zero-order chi connectivity index (χ0) is 31.9. The average molecular weight is 603 g/mol. The molecule has 1 amide bonds. The van der Waals surface area contributed by atoms with E-state index >= 15 is 0 Å². The molecule has 0 fully saturated rings. The summed E-state index contributed by atoms with van der Waals surface area (Å²) in [6, 6.07) is 11.0. The highest BCUT2D eigenvalue weighted by Crippen LogP contribution is 2.32. The maximum atomic E-state index is 13.3. The molecule has 9 nitrogen and oxygen atoms in total. The number of hydrogen-bond donors (Lipinski definition) is 3. The van der Waals surface area contributed by atoms with Crippen LogP contribution in [0.5, 0.6) is 23.0 Å². The van der Waals surface area contributed by atoms with Crippen molar-refractivity contribution in [2.45, 2.75) is 72.1 Å².